The Balaban J connectivity index is 1.58. The van der Waals surface area contributed by atoms with Crippen molar-refractivity contribution in [2.24, 2.45) is 5.92 Å². The van der Waals surface area contributed by atoms with Crippen LogP contribution in [0.15, 0.2) is 0 Å². The highest BCUT2D eigenvalue weighted by atomic mass is 16.2. The van der Waals surface area contributed by atoms with Gasteiger partial charge in [0.25, 0.3) is 0 Å². The van der Waals surface area contributed by atoms with Crippen LogP contribution in [0.3, 0.4) is 0 Å². The third kappa shape index (κ3) is 3.75. The zero-order valence-electron chi connectivity index (χ0n) is 12.8. The number of carbonyl (C=O) groups excluding carboxylic acids is 1. The van der Waals surface area contributed by atoms with Crippen molar-refractivity contribution < 1.29 is 4.79 Å². The lowest BCUT2D eigenvalue weighted by Crippen LogP contribution is -2.48. The Morgan fingerprint density at radius 1 is 0.900 bits per heavy atom. The van der Waals surface area contributed by atoms with Crippen molar-refractivity contribution in [3.63, 3.8) is 0 Å². The lowest BCUT2D eigenvalue weighted by Gasteiger charge is -2.33. The molecular formula is C17H30N2O. The Morgan fingerprint density at radius 2 is 1.60 bits per heavy atom. The molecule has 2 saturated carbocycles. The Labute approximate surface area is 123 Å². The van der Waals surface area contributed by atoms with Crippen LogP contribution >= 0.6 is 0 Å². The van der Waals surface area contributed by atoms with Gasteiger partial charge < -0.3 is 10.2 Å². The number of rotatable bonds is 4. The topological polar surface area (TPSA) is 32.3 Å². The maximum absolute atomic E-state index is 12.9. The van der Waals surface area contributed by atoms with Crippen molar-refractivity contribution in [3.05, 3.63) is 0 Å². The summed E-state index contributed by atoms with van der Waals surface area (Å²) in [6.45, 7) is 2.11. The van der Waals surface area contributed by atoms with Gasteiger partial charge in [0.05, 0.1) is 0 Å². The molecule has 114 valence electrons. The van der Waals surface area contributed by atoms with E-state index in [1.807, 2.05) is 0 Å². The molecule has 1 aliphatic heterocycles. The molecule has 1 amide bonds. The summed E-state index contributed by atoms with van der Waals surface area (Å²) in [6.07, 6.45) is 13.8. The predicted octanol–water partition coefficient (Wildman–Crippen LogP) is 3.09. The summed E-state index contributed by atoms with van der Waals surface area (Å²) in [6, 6.07) is 1.13. The average Bonchev–Trinajstić information content (AvgIpc) is 3.31. The molecule has 1 saturated heterocycles. The molecular weight excluding hydrogens is 248 g/mol. The van der Waals surface area contributed by atoms with E-state index in [-0.39, 0.29) is 0 Å². The molecule has 1 N–H and O–H groups in total. The van der Waals surface area contributed by atoms with Gasteiger partial charge in [-0.25, -0.2) is 0 Å². The van der Waals surface area contributed by atoms with Crippen LogP contribution in [0.1, 0.15) is 70.6 Å². The third-order valence-electron chi connectivity index (χ3n) is 5.30. The van der Waals surface area contributed by atoms with E-state index in [0.29, 0.717) is 23.9 Å². The maximum Gasteiger partial charge on any atom is 0.225 e. The van der Waals surface area contributed by atoms with Crippen LogP contribution in [-0.4, -0.2) is 36.0 Å². The summed E-state index contributed by atoms with van der Waals surface area (Å²) in [5.74, 6) is 0.823. The number of hydrogen-bond acceptors (Lipinski definition) is 2. The first-order valence-electron chi connectivity index (χ1n) is 8.88. The first-order chi connectivity index (χ1) is 9.84. The summed E-state index contributed by atoms with van der Waals surface area (Å²) in [5, 5.41) is 3.61. The van der Waals surface area contributed by atoms with E-state index < -0.39 is 0 Å². The molecule has 1 heterocycles. The van der Waals surface area contributed by atoms with Gasteiger partial charge in [0, 0.05) is 24.5 Å². The number of nitrogens with zero attached hydrogens (tertiary/aromatic N) is 1. The van der Waals surface area contributed by atoms with Crippen LogP contribution < -0.4 is 5.32 Å². The molecule has 3 nitrogen and oxygen atoms in total. The van der Waals surface area contributed by atoms with E-state index in [9.17, 15) is 4.79 Å². The molecule has 0 radical (unpaired) electrons. The Kier molecular flexibility index (Phi) is 4.98. The second-order valence-electron chi connectivity index (χ2n) is 7.06. The molecule has 0 aromatic heterocycles. The van der Waals surface area contributed by atoms with Crippen molar-refractivity contribution in [3.8, 4) is 0 Å². The van der Waals surface area contributed by atoms with Crippen LogP contribution in [0.25, 0.3) is 0 Å². The zero-order valence-corrected chi connectivity index (χ0v) is 12.8. The minimum atomic E-state index is 0.335. The van der Waals surface area contributed by atoms with E-state index in [0.717, 1.165) is 25.9 Å². The molecule has 0 bridgehead atoms. The van der Waals surface area contributed by atoms with E-state index in [4.69, 9.17) is 0 Å². The quantitative estimate of drug-likeness (QED) is 0.802. The highest BCUT2D eigenvalue weighted by Crippen LogP contribution is 2.32. The van der Waals surface area contributed by atoms with Gasteiger partial charge in [0.15, 0.2) is 0 Å². The molecule has 1 atom stereocenters. The van der Waals surface area contributed by atoms with Gasteiger partial charge >= 0.3 is 0 Å². The SMILES string of the molecule is O=C(C1CCCCCC1)N(CC1CCCCN1)C1CC1. The number of hydrogen-bond donors (Lipinski definition) is 1. The molecule has 2 aliphatic carbocycles. The van der Waals surface area contributed by atoms with Crippen molar-refractivity contribution in [2.45, 2.75) is 82.7 Å². The van der Waals surface area contributed by atoms with Crippen LogP contribution in [-0.2, 0) is 4.79 Å². The minimum absolute atomic E-state index is 0.335. The molecule has 3 heteroatoms. The summed E-state index contributed by atoms with van der Waals surface area (Å²) >= 11 is 0. The van der Waals surface area contributed by atoms with Gasteiger partial charge in [0.1, 0.15) is 0 Å². The number of nitrogens with one attached hydrogen (secondary N) is 1. The smallest absolute Gasteiger partial charge is 0.225 e. The van der Waals surface area contributed by atoms with Gasteiger partial charge in [0.2, 0.25) is 5.91 Å². The fraction of sp³-hybridized carbons (Fsp3) is 0.941. The number of piperidine rings is 1. The van der Waals surface area contributed by atoms with Gasteiger partial charge in [-0.3, -0.25) is 4.79 Å². The summed E-state index contributed by atoms with van der Waals surface area (Å²) in [5.41, 5.74) is 0. The second-order valence-corrected chi connectivity index (χ2v) is 7.06. The van der Waals surface area contributed by atoms with Crippen molar-refractivity contribution in [1.29, 1.82) is 0 Å². The van der Waals surface area contributed by atoms with Crippen LogP contribution in [0.5, 0.6) is 0 Å². The highest BCUT2D eigenvalue weighted by molar-refractivity contribution is 5.79. The van der Waals surface area contributed by atoms with Crippen LogP contribution in [0, 0.1) is 5.92 Å². The molecule has 3 aliphatic rings. The van der Waals surface area contributed by atoms with Crippen molar-refractivity contribution in [2.75, 3.05) is 13.1 Å². The van der Waals surface area contributed by atoms with Gasteiger partial charge in [-0.2, -0.15) is 0 Å². The summed E-state index contributed by atoms with van der Waals surface area (Å²) < 4.78 is 0. The summed E-state index contributed by atoms with van der Waals surface area (Å²) in [4.78, 5) is 15.2. The second kappa shape index (κ2) is 6.93. The first kappa shape index (κ1) is 14.4. The first-order valence-corrected chi connectivity index (χ1v) is 8.88. The number of amides is 1. The maximum atomic E-state index is 12.9. The molecule has 3 rings (SSSR count). The third-order valence-corrected chi connectivity index (χ3v) is 5.30. The zero-order chi connectivity index (χ0) is 13.8. The minimum Gasteiger partial charge on any atom is -0.338 e. The standard InChI is InChI=1S/C17H30N2O/c20-17(14-7-3-1-2-4-8-14)19(16-10-11-16)13-15-9-5-6-12-18-15/h14-16,18H,1-13H2. The molecule has 0 spiro atoms. The fourth-order valence-electron chi connectivity index (χ4n) is 3.88. The van der Waals surface area contributed by atoms with Gasteiger partial charge in [-0.1, -0.05) is 32.1 Å². The average molecular weight is 278 g/mol. The Bertz CT molecular complexity index is 313. The molecule has 20 heavy (non-hydrogen) atoms. The molecule has 0 aromatic carbocycles. The molecule has 1 unspecified atom stereocenters. The molecule has 3 fully saturated rings. The van der Waals surface area contributed by atoms with E-state index in [1.165, 1.54) is 57.8 Å². The van der Waals surface area contributed by atoms with Crippen molar-refractivity contribution in [1.82, 2.24) is 10.2 Å². The van der Waals surface area contributed by atoms with Crippen molar-refractivity contribution >= 4 is 5.91 Å². The lowest BCUT2D eigenvalue weighted by atomic mass is 9.97. The predicted molar refractivity (Wildman–Crippen MR) is 81.6 cm³/mol. The van der Waals surface area contributed by atoms with Crippen LogP contribution in [0.2, 0.25) is 0 Å². The van der Waals surface area contributed by atoms with E-state index in [1.54, 1.807) is 0 Å². The largest absolute Gasteiger partial charge is 0.338 e. The Hall–Kier alpha value is -0.570. The van der Waals surface area contributed by atoms with Crippen LogP contribution in [0.4, 0.5) is 0 Å². The number of carbonyl (C=O) groups is 1. The van der Waals surface area contributed by atoms with E-state index >= 15 is 0 Å². The van der Waals surface area contributed by atoms with E-state index in [2.05, 4.69) is 10.2 Å². The lowest BCUT2D eigenvalue weighted by molar-refractivity contribution is -0.137. The highest BCUT2D eigenvalue weighted by Gasteiger charge is 2.37. The monoisotopic (exact) mass is 278 g/mol. The molecule has 0 aromatic rings. The summed E-state index contributed by atoms with van der Waals surface area (Å²) in [7, 11) is 0. The van der Waals surface area contributed by atoms with Gasteiger partial charge in [-0.15, -0.1) is 0 Å². The normalized spacial score (nSPS) is 28.9. The van der Waals surface area contributed by atoms with Gasteiger partial charge in [-0.05, 0) is 45.1 Å². The fourth-order valence-corrected chi connectivity index (χ4v) is 3.88. The Morgan fingerprint density at radius 3 is 2.20 bits per heavy atom.